The predicted molar refractivity (Wildman–Crippen MR) is 148 cm³/mol. The Kier molecular flexibility index (Phi) is 11.2. The molecule has 0 aliphatic carbocycles. The molecule has 6 nitrogen and oxygen atoms in total. The van der Waals surface area contributed by atoms with E-state index in [-0.39, 0.29) is 5.97 Å². The zero-order valence-corrected chi connectivity index (χ0v) is 22.8. The van der Waals surface area contributed by atoms with Crippen LogP contribution in [0.25, 0.3) is 0 Å². The molecule has 0 N–H and O–H groups in total. The normalized spacial score (nSPS) is 23.2. The molecule has 0 amide bonds. The molecular formula is C31H36O6S. The van der Waals surface area contributed by atoms with E-state index in [1.165, 1.54) is 6.92 Å². The van der Waals surface area contributed by atoms with E-state index in [9.17, 15) is 4.79 Å². The van der Waals surface area contributed by atoms with Crippen LogP contribution in [0.4, 0.5) is 0 Å². The Morgan fingerprint density at radius 3 is 1.74 bits per heavy atom. The molecule has 3 aromatic carbocycles. The van der Waals surface area contributed by atoms with Crippen molar-refractivity contribution in [1.29, 1.82) is 0 Å². The lowest BCUT2D eigenvalue weighted by Gasteiger charge is -2.45. The molecule has 1 aliphatic heterocycles. The van der Waals surface area contributed by atoms with Crippen LogP contribution in [0.15, 0.2) is 91.0 Å². The average molecular weight is 537 g/mol. The zero-order chi connectivity index (χ0) is 26.6. The summed E-state index contributed by atoms with van der Waals surface area (Å²) in [6.45, 7) is 4.96. The minimum absolute atomic E-state index is 0.313. The van der Waals surface area contributed by atoms with Gasteiger partial charge in [0.1, 0.15) is 23.7 Å². The fourth-order valence-electron chi connectivity index (χ4n) is 4.42. The molecule has 202 valence electrons. The molecule has 1 aliphatic rings. The third-order valence-corrected chi connectivity index (χ3v) is 7.23. The Bertz CT molecular complexity index is 1080. The number of esters is 1. The number of thioether (sulfide) groups is 1. The van der Waals surface area contributed by atoms with Crippen molar-refractivity contribution in [2.45, 2.75) is 63.5 Å². The van der Waals surface area contributed by atoms with Crippen molar-refractivity contribution in [2.24, 2.45) is 0 Å². The first-order chi connectivity index (χ1) is 18.6. The molecule has 3 aromatic rings. The summed E-state index contributed by atoms with van der Waals surface area (Å²) < 4.78 is 31.5. The number of hydrogen-bond donors (Lipinski definition) is 0. The van der Waals surface area contributed by atoms with Gasteiger partial charge in [-0.05, 0) is 22.4 Å². The molecule has 4 rings (SSSR count). The van der Waals surface area contributed by atoms with Gasteiger partial charge in [0.25, 0.3) is 0 Å². The number of benzene rings is 3. The number of hydrogen-bond acceptors (Lipinski definition) is 7. The molecule has 0 unspecified atom stereocenters. The zero-order valence-electron chi connectivity index (χ0n) is 21.9. The van der Waals surface area contributed by atoms with Crippen LogP contribution in [0, 0.1) is 0 Å². The average Bonchev–Trinajstić information content (AvgIpc) is 2.94. The second-order valence-electron chi connectivity index (χ2n) is 9.10. The van der Waals surface area contributed by atoms with E-state index in [4.69, 9.17) is 23.7 Å². The van der Waals surface area contributed by atoms with Crippen LogP contribution >= 0.6 is 11.8 Å². The largest absolute Gasteiger partial charge is 0.456 e. The summed E-state index contributed by atoms with van der Waals surface area (Å²) in [6, 6.07) is 30.0. The minimum Gasteiger partial charge on any atom is -0.456 e. The van der Waals surface area contributed by atoms with E-state index in [0.717, 1.165) is 22.4 Å². The van der Waals surface area contributed by atoms with Gasteiger partial charge in [-0.3, -0.25) is 4.79 Å². The smallest absolute Gasteiger partial charge is 0.303 e. The molecule has 0 radical (unpaired) electrons. The van der Waals surface area contributed by atoms with Crippen molar-refractivity contribution in [2.75, 3.05) is 12.4 Å². The summed E-state index contributed by atoms with van der Waals surface area (Å²) in [5.41, 5.74) is 2.73. The molecular weight excluding hydrogens is 500 g/mol. The highest BCUT2D eigenvalue weighted by atomic mass is 32.2. The predicted octanol–water partition coefficient (Wildman–Crippen LogP) is 5.78. The molecule has 0 spiro atoms. The van der Waals surface area contributed by atoms with Gasteiger partial charge in [0.15, 0.2) is 6.10 Å². The van der Waals surface area contributed by atoms with Crippen LogP contribution in [0.5, 0.6) is 0 Å². The molecule has 0 aromatic heterocycles. The minimum atomic E-state index is -0.632. The monoisotopic (exact) mass is 536 g/mol. The lowest BCUT2D eigenvalue weighted by Crippen LogP contribution is -2.60. The number of rotatable bonds is 13. The topological polar surface area (TPSA) is 63.2 Å². The van der Waals surface area contributed by atoms with Gasteiger partial charge in [0, 0.05) is 6.92 Å². The number of carbonyl (C=O) groups excluding carboxylic acids is 1. The van der Waals surface area contributed by atoms with Crippen LogP contribution in [-0.4, -0.2) is 48.2 Å². The van der Waals surface area contributed by atoms with Gasteiger partial charge in [-0.1, -0.05) is 97.9 Å². The summed E-state index contributed by atoms with van der Waals surface area (Å²) in [6.07, 6.45) is -2.12. The molecule has 1 heterocycles. The summed E-state index contributed by atoms with van der Waals surface area (Å²) in [5.74, 6) is 0.412. The first-order valence-electron chi connectivity index (χ1n) is 13.0. The van der Waals surface area contributed by atoms with Crippen LogP contribution in [0.2, 0.25) is 0 Å². The lowest BCUT2D eigenvalue weighted by atomic mass is 9.99. The quantitative estimate of drug-likeness (QED) is 0.257. The molecule has 7 heteroatoms. The van der Waals surface area contributed by atoms with Crippen LogP contribution in [-0.2, 0) is 48.3 Å². The maximum atomic E-state index is 12.2. The van der Waals surface area contributed by atoms with E-state index in [0.29, 0.717) is 26.4 Å². The molecule has 38 heavy (non-hydrogen) atoms. The van der Waals surface area contributed by atoms with Gasteiger partial charge in [-0.25, -0.2) is 0 Å². The van der Waals surface area contributed by atoms with E-state index in [1.54, 1.807) is 11.8 Å². The van der Waals surface area contributed by atoms with Gasteiger partial charge in [0.05, 0.1) is 26.4 Å². The van der Waals surface area contributed by atoms with Crippen molar-refractivity contribution in [3.05, 3.63) is 108 Å². The number of carbonyl (C=O) groups is 1. The first-order valence-corrected chi connectivity index (χ1v) is 14.1. The van der Waals surface area contributed by atoms with E-state index < -0.39 is 29.9 Å². The van der Waals surface area contributed by atoms with Gasteiger partial charge in [-0.15, -0.1) is 11.8 Å². The fourth-order valence-corrected chi connectivity index (χ4v) is 5.37. The maximum absolute atomic E-state index is 12.2. The summed E-state index contributed by atoms with van der Waals surface area (Å²) >= 11 is 1.59. The van der Waals surface area contributed by atoms with Crippen molar-refractivity contribution in [3.63, 3.8) is 0 Å². The highest BCUT2D eigenvalue weighted by molar-refractivity contribution is 7.99. The third kappa shape index (κ3) is 8.41. The molecule has 1 fully saturated rings. The summed E-state index contributed by atoms with van der Waals surface area (Å²) in [5, 5.41) is 0. The van der Waals surface area contributed by atoms with Crippen molar-refractivity contribution in [1.82, 2.24) is 0 Å². The maximum Gasteiger partial charge on any atom is 0.303 e. The Morgan fingerprint density at radius 2 is 1.24 bits per heavy atom. The van der Waals surface area contributed by atoms with Gasteiger partial charge >= 0.3 is 5.97 Å². The first kappa shape index (κ1) is 28.3. The Morgan fingerprint density at radius 1 is 0.737 bits per heavy atom. The standard InChI is InChI=1S/C31H36O6S/c1-3-38-31-30(36-23(2)32)29(35-21-26-17-11-6-12-18-26)28(34-20-25-15-9-5-10-16-25)27(37-31)22-33-19-24-13-7-4-8-14-24/h4-18,27-31H,3,19-22H2,1-2H3/t27-,28-,29+,30+,31+/m1/s1. The van der Waals surface area contributed by atoms with Crippen molar-refractivity contribution >= 4 is 17.7 Å². The van der Waals surface area contributed by atoms with Crippen LogP contribution in [0.3, 0.4) is 0 Å². The summed E-state index contributed by atoms with van der Waals surface area (Å²) in [7, 11) is 0. The van der Waals surface area contributed by atoms with Crippen LogP contribution < -0.4 is 0 Å². The molecule has 0 saturated carbocycles. The second kappa shape index (κ2) is 15.0. The SMILES string of the molecule is CCS[C@@H]1O[C@H](COCc2ccccc2)[C@@H](OCc2ccccc2)[C@H](OCc2ccccc2)[C@@H]1OC(C)=O. The Balaban J connectivity index is 1.58. The van der Waals surface area contributed by atoms with E-state index in [2.05, 4.69) is 6.92 Å². The summed E-state index contributed by atoms with van der Waals surface area (Å²) in [4.78, 5) is 12.2. The van der Waals surface area contributed by atoms with Gasteiger partial charge < -0.3 is 23.7 Å². The van der Waals surface area contributed by atoms with Crippen LogP contribution in [0.1, 0.15) is 30.5 Å². The van der Waals surface area contributed by atoms with Gasteiger partial charge in [-0.2, -0.15) is 0 Å². The van der Waals surface area contributed by atoms with Crippen molar-refractivity contribution in [3.8, 4) is 0 Å². The van der Waals surface area contributed by atoms with Crippen molar-refractivity contribution < 1.29 is 28.5 Å². The Labute approximate surface area is 229 Å². The third-order valence-electron chi connectivity index (χ3n) is 6.19. The molecule has 0 bridgehead atoms. The van der Waals surface area contributed by atoms with E-state index >= 15 is 0 Å². The highest BCUT2D eigenvalue weighted by Crippen LogP contribution is 2.35. The molecule has 1 saturated heterocycles. The highest BCUT2D eigenvalue weighted by Gasteiger charge is 2.49. The number of ether oxygens (including phenoxy) is 5. The fraction of sp³-hybridized carbons (Fsp3) is 0.387. The van der Waals surface area contributed by atoms with Gasteiger partial charge in [0.2, 0.25) is 0 Å². The Hall–Kier alpha value is -2.68. The van der Waals surface area contributed by atoms with E-state index in [1.807, 2.05) is 91.0 Å². The lowest BCUT2D eigenvalue weighted by molar-refractivity contribution is -0.249. The molecule has 5 atom stereocenters. The second-order valence-corrected chi connectivity index (χ2v) is 10.5.